The highest BCUT2D eigenvalue weighted by Crippen LogP contribution is 2.23. The lowest BCUT2D eigenvalue weighted by atomic mass is 10.1. The summed E-state index contributed by atoms with van der Waals surface area (Å²) in [6, 6.07) is 11.1. The second-order valence-electron chi connectivity index (χ2n) is 5.07. The third-order valence-electron chi connectivity index (χ3n) is 3.21. The lowest BCUT2D eigenvalue weighted by molar-refractivity contribution is -0.118. The van der Waals surface area contributed by atoms with Gasteiger partial charge in [-0.15, -0.1) is 0 Å². The standard InChI is InChI=1S/C17H18BrNO3/c1-11-3-5-15(12(2)7-11)19-17(21)10-22-16-6-4-14(18)8-13(16)9-20/h3-8,20H,9-10H2,1-2H3,(H,19,21). The zero-order valence-electron chi connectivity index (χ0n) is 12.5. The third-order valence-corrected chi connectivity index (χ3v) is 3.70. The van der Waals surface area contributed by atoms with Gasteiger partial charge in [-0.1, -0.05) is 33.6 Å². The van der Waals surface area contributed by atoms with Gasteiger partial charge in [0.2, 0.25) is 0 Å². The molecule has 0 spiro atoms. The summed E-state index contributed by atoms with van der Waals surface area (Å²) in [5, 5.41) is 12.1. The Morgan fingerprint density at radius 1 is 1.23 bits per heavy atom. The fourth-order valence-corrected chi connectivity index (χ4v) is 2.50. The zero-order chi connectivity index (χ0) is 16.1. The predicted octanol–water partition coefficient (Wildman–Crippen LogP) is 3.58. The minimum atomic E-state index is -0.237. The molecule has 0 fully saturated rings. The summed E-state index contributed by atoms with van der Waals surface area (Å²) < 4.78 is 6.34. The molecule has 0 aliphatic rings. The number of ether oxygens (including phenoxy) is 1. The fraction of sp³-hybridized carbons (Fsp3) is 0.235. The highest BCUT2D eigenvalue weighted by molar-refractivity contribution is 9.10. The summed E-state index contributed by atoms with van der Waals surface area (Å²) in [7, 11) is 0. The Bertz CT molecular complexity index is 686. The van der Waals surface area contributed by atoms with Crippen molar-refractivity contribution in [2.75, 3.05) is 11.9 Å². The molecule has 0 atom stereocenters. The van der Waals surface area contributed by atoms with Crippen molar-refractivity contribution in [3.63, 3.8) is 0 Å². The number of carbonyl (C=O) groups excluding carboxylic acids is 1. The van der Waals surface area contributed by atoms with Gasteiger partial charge < -0.3 is 15.2 Å². The largest absolute Gasteiger partial charge is 0.483 e. The summed E-state index contributed by atoms with van der Waals surface area (Å²) in [6.45, 7) is 3.70. The molecule has 0 aliphatic heterocycles. The summed E-state index contributed by atoms with van der Waals surface area (Å²) in [5.41, 5.74) is 3.56. The number of anilines is 1. The Balaban J connectivity index is 1.98. The molecule has 2 aromatic carbocycles. The maximum absolute atomic E-state index is 12.0. The quantitative estimate of drug-likeness (QED) is 0.853. The van der Waals surface area contributed by atoms with Crippen molar-refractivity contribution >= 4 is 27.5 Å². The van der Waals surface area contributed by atoms with E-state index >= 15 is 0 Å². The van der Waals surface area contributed by atoms with Crippen LogP contribution in [0.15, 0.2) is 40.9 Å². The molecule has 2 N–H and O–H groups in total. The zero-order valence-corrected chi connectivity index (χ0v) is 14.1. The molecule has 2 rings (SSSR count). The van der Waals surface area contributed by atoms with E-state index < -0.39 is 0 Å². The van der Waals surface area contributed by atoms with Crippen molar-refractivity contribution in [1.82, 2.24) is 0 Å². The summed E-state index contributed by atoms with van der Waals surface area (Å²) in [6.07, 6.45) is 0. The molecular formula is C17H18BrNO3. The molecule has 4 nitrogen and oxygen atoms in total. The number of halogens is 1. The van der Waals surface area contributed by atoms with Crippen LogP contribution in [0.5, 0.6) is 5.75 Å². The minimum Gasteiger partial charge on any atom is -0.483 e. The number of aliphatic hydroxyl groups is 1. The van der Waals surface area contributed by atoms with Crippen LogP contribution in [-0.4, -0.2) is 17.6 Å². The third kappa shape index (κ3) is 4.32. The van der Waals surface area contributed by atoms with Crippen LogP contribution < -0.4 is 10.1 Å². The number of hydrogen-bond acceptors (Lipinski definition) is 3. The van der Waals surface area contributed by atoms with Crippen molar-refractivity contribution in [2.24, 2.45) is 0 Å². The Labute approximate surface area is 138 Å². The molecule has 0 saturated heterocycles. The molecule has 0 aliphatic carbocycles. The Morgan fingerprint density at radius 3 is 2.68 bits per heavy atom. The number of benzene rings is 2. The molecule has 22 heavy (non-hydrogen) atoms. The maximum atomic E-state index is 12.0. The lowest BCUT2D eigenvalue weighted by Crippen LogP contribution is -2.21. The van der Waals surface area contributed by atoms with Crippen molar-refractivity contribution in [1.29, 1.82) is 0 Å². The van der Waals surface area contributed by atoms with E-state index in [-0.39, 0.29) is 19.1 Å². The highest BCUT2D eigenvalue weighted by Gasteiger charge is 2.08. The van der Waals surface area contributed by atoms with E-state index in [1.54, 1.807) is 18.2 Å². The number of nitrogens with one attached hydrogen (secondary N) is 1. The van der Waals surface area contributed by atoms with Gasteiger partial charge in [0.1, 0.15) is 5.75 Å². The van der Waals surface area contributed by atoms with Gasteiger partial charge in [0.15, 0.2) is 6.61 Å². The van der Waals surface area contributed by atoms with Crippen molar-refractivity contribution < 1.29 is 14.6 Å². The first-order valence-corrected chi connectivity index (χ1v) is 7.68. The average molecular weight is 364 g/mol. The number of rotatable bonds is 5. The molecule has 0 aromatic heterocycles. The van der Waals surface area contributed by atoms with E-state index in [4.69, 9.17) is 4.74 Å². The Hall–Kier alpha value is -1.85. The van der Waals surface area contributed by atoms with Crippen molar-refractivity contribution in [2.45, 2.75) is 20.5 Å². The number of aliphatic hydroxyl groups excluding tert-OH is 1. The van der Waals surface area contributed by atoms with E-state index in [1.807, 2.05) is 32.0 Å². The number of hydrogen-bond donors (Lipinski definition) is 2. The molecule has 5 heteroatoms. The average Bonchev–Trinajstić information content (AvgIpc) is 2.48. The predicted molar refractivity (Wildman–Crippen MR) is 90.1 cm³/mol. The number of carbonyl (C=O) groups is 1. The van der Waals surface area contributed by atoms with Crippen LogP contribution in [0.3, 0.4) is 0 Å². The van der Waals surface area contributed by atoms with Crippen LogP contribution in [-0.2, 0) is 11.4 Å². The number of aryl methyl sites for hydroxylation is 2. The first kappa shape index (κ1) is 16.5. The van der Waals surface area contributed by atoms with Gasteiger partial charge >= 0.3 is 0 Å². The molecule has 1 amide bonds. The summed E-state index contributed by atoms with van der Waals surface area (Å²) in [5.74, 6) is 0.264. The van der Waals surface area contributed by atoms with Crippen molar-refractivity contribution in [3.8, 4) is 5.75 Å². The van der Waals surface area contributed by atoms with E-state index in [1.165, 1.54) is 0 Å². The van der Waals surface area contributed by atoms with E-state index in [0.29, 0.717) is 11.3 Å². The Kier molecular flexibility index (Phi) is 5.57. The minimum absolute atomic E-state index is 0.109. The van der Waals surface area contributed by atoms with Crippen LogP contribution in [0.2, 0.25) is 0 Å². The molecule has 0 saturated carbocycles. The van der Waals surface area contributed by atoms with Gasteiger partial charge in [-0.2, -0.15) is 0 Å². The second kappa shape index (κ2) is 7.42. The first-order chi connectivity index (χ1) is 10.5. The molecule has 0 heterocycles. The van der Waals surface area contributed by atoms with Gasteiger partial charge in [0.05, 0.1) is 6.61 Å². The van der Waals surface area contributed by atoms with E-state index in [2.05, 4.69) is 21.2 Å². The lowest BCUT2D eigenvalue weighted by Gasteiger charge is -2.12. The SMILES string of the molecule is Cc1ccc(NC(=O)COc2ccc(Br)cc2CO)c(C)c1. The molecular weight excluding hydrogens is 346 g/mol. The van der Waals surface area contributed by atoms with Crippen LogP contribution in [0.4, 0.5) is 5.69 Å². The van der Waals surface area contributed by atoms with Crippen LogP contribution in [0.25, 0.3) is 0 Å². The van der Waals surface area contributed by atoms with Crippen LogP contribution in [0, 0.1) is 13.8 Å². The molecule has 0 radical (unpaired) electrons. The second-order valence-corrected chi connectivity index (χ2v) is 5.98. The normalized spacial score (nSPS) is 10.4. The Morgan fingerprint density at radius 2 is 2.00 bits per heavy atom. The molecule has 2 aromatic rings. The van der Waals surface area contributed by atoms with E-state index in [0.717, 1.165) is 21.3 Å². The van der Waals surface area contributed by atoms with Crippen LogP contribution in [0.1, 0.15) is 16.7 Å². The number of amides is 1. The topological polar surface area (TPSA) is 58.6 Å². The van der Waals surface area contributed by atoms with Gasteiger partial charge in [-0.25, -0.2) is 0 Å². The monoisotopic (exact) mass is 363 g/mol. The van der Waals surface area contributed by atoms with Crippen LogP contribution >= 0.6 is 15.9 Å². The molecule has 0 unspecified atom stereocenters. The molecule has 116 valence electrons. The summed E-state index contributed by atoms with van der Waals surface area (Å²) in [4.78, 5) is 12.0. The van der Waals surface area contributed by atoms with Crippen molar-refractivity contribution in [3.05, 3.63) is 57.6 Å². The first-order valence-electron chi connectivity index (χ1n) is 6.89. The van der Waals surface area contributed by atoms with Gasteiger partial charge in [-0.3, -0.25) is 4.79 Å². The molecule has 0 bridgehead atoms. The van der Waals surface area contributed by atoms with Gasteiger partial charge in [0.25, 0.3) is 5.91 Å². The van der Waals surface area contributed by atoms with Gasteiger partial charge in [0, 0.05) is 15.7 Å². The highest BCUT2D eigenvalue weighted by atomic mass is 79.9. The van der Waals surface area contributed by atoms with Gasteiger partial charge in [-0.05, 0) is 43.7 Å². The van der Waals surface area contributed by atoms with E-state index in [9.17, 15) is 9.90 Å². The summed E-state index contributed by atoms with van der Waals surface area (Å²) >= 11 is 3.33. The maximum Gasteiger partial charge on any atom is 0.262 e. The fourth-order valence-electron chi connectivity index (χ4n) is 2.10. The smallest absolute Gasteiger partial charge is 0.262 e.